The Hall–Kier alpha value is -1.90. The van der Waals surface area contributed by atoms with Gasteiger partial charge in [-0.15, -0.1) is 0 Å². The Labute approximate surface area is 174 Å². The van der Waals surface area contributed by atoms with Crippen LogP contribution in [0.15, 0.2) is 51.8 Å². The molecule has 0 saturated carbocycles. The van der Waals surface area contributed by atoms with Gasteiger partial charge in [-0.05, 0) is 77.2 Å². The molecule has 0 spiro atoms. The molecule has 150 valence electrons. The highest BCUT2D eigenvalue weighted by atomic mass is 79.9. The van der Waals surface area contributed by atoms with Crippen molar-refractivity contribution in [2.75, 3.05) is 25.5 Å². The van der Waals surface area contributed by atoms with E-state index >= 15 is 0 Å². The average Bonchev–Trinajstić information content (AvgIpc) is 2.69. The van der Waals surface area contributed by atoms with E-state index in [1.54, 1.807) is 43.5 Å². The fourth-order valence-electron chi connectivity index (χ4n) is 3.08. The smallest absolute Gasteiger partial charge is 0.255 e. The quantitative estimate of drug-likeness (QED) is 0.718. The highest BCUT2D eigenvalue weighted by Gasteiger charge is 2.30. The minimum Gasteiger partial charge on any atom is -0.497 e. The van der Waals surface area contributed by atoms with Crippen LogP contribution in [0, 0.1) is 5.92 Å². The molecule has 1 N–H and O–H groups in total. The highest BCUT2D eigenvalue weighted by Crippen LogP contribution is 2.29. The number of piperidine rings is 1. The zero-order chi connectivity index (χ0) is 20.3. The predicted octanol–water partition coefficient (Wildman–Crippen LogP) is 4.13. The van der Waals surface area contributed by atoms with Gasteiger partial charge in [0.2, 0.25) is 10.0 Å². The maximum absolute atomic E-state index is 13.1. The van der Waals surface area contributed by atoms with E-state index in [0.717, 1.165) is 12.8 Å². The lowest BCUT2D eigenvalue weighted by molar-refractivity contribution is 0.102. The third-order valence-corrected chi connectivity index (χ3v) is 7.79. The topological polar surface area (TPSA) is 75.7 Å². The van der Waals surface area contributed by atoms with Crippen molar-refractivity contribution in [3.8, 4) is 5.75 Å². The van der Waals surface area contributed by atoms with E-state index in [1.807, 2.05) is 0 Å². The summed E-state index contributed by atoms with van der Waals surface area (Å²) in [4.78, 5) is 12.7. The van der Waals surface area contributed by atoms with Crippen molar-refractivity contribution in [2.45, 2.75) is 24.7 Å². The Morgan fingerprint density at radius 2 is 1.79 bits per heavy atom. The molecule has 2 aromatic carbocycles. The molecular weight excluding hydrogens is 444 g/mol. The zero-order valence-corrected chi connectivity index (χ0v) is 18.2. The van der Waals surface area contributed by atoms with Gasteiger partial charge in [0.25, 0.3) is 5.91 Å². The van der Waals surface area contributed by atoms with Crippen molar-refractivity contribution in [3.63, 3.8) is 0 Å². The van der Waals surface area contributed by atoms with Gasteiger partial charge in [-0.3, -0.25) is 4.79 Å². The fraction of sp³-hybridized carbons (Fsp3) is 0.350. The summed E-state index contributed by atoms with van der Waals surface area (Å²) >= 11 is 3.33. The molecule has 2 aromatic rings. The molecule has 1 fully saturated rings. The molecule has 1 saturated heterocycles. The molecule has 0 unspecified atom stereocenters. The van der Waals surface area contributed by atoms with Crippen LogP contribution in [0.5, 0.6) is 5.75 Å². The number of sulfonamides is 1. The number of nitrogens with one attached hydrogen (secondary N) is 1. The number of hydrogen-bond acceptors (Lipinski definition) is 4. The minimum absolute atomic E-state index is 0.115. The van der Waals surface area contributed by atoms with Gasteiger partial charge in [0.1, 0.15) is 5.75 Å². The molecular formula is C20H23BrN2O4S. The van der Waals surface area contributed by atoms with Gasteiger partial charge in [0.05, 0.1) is 12.0 Å². The lowest BCUT2D eigenvalue weighted by Crippen LogP contribution is -2.38. The van der Waals surface area contributed by atoms with Crippen LogP contribution in [-0.2, 0) is 10.0 Å². The number of methoxy groups -OCH3 is 1. The van der Waals surface area contributed by atoms with Crippen molar-refractivity contribution >= 4 is 37.5 Å². The summed E-state index contributed by atoms with van der Waals surface area (Å²) in [5.74, 6) is 0.837. The van der Waals surface area contributed by atoms with Crippen LogP contribution < -0.4 is 10.1 Å². The fourth-order valence-corrected chi connectivity index (χ4v) is 5.50. The van der Waals surface area contributed by atoms with E-state index in [4.69, 9.17) is 4.74 Å². The second kappa shape index (κ2) is 8.63. The number of halogens is 1. The molecule has 1 aliphatic rings. The van der Waals surface area contributed by atoms with E-state index in [-0.39, 0.29) is 16.4 Å². The Bertz CT molecular complexity index is 953. The lowest BCUT2D eigenvalue weighted by Gasteiger charge is -2.29. The first-order valence-electron chi connectivity index (χ1n) is 9.06. The summed E-state index contributed by atoms with van der Waals surface area (Å²) in [5, 5.41) is 2.77. The largest absolute Gasteiger partial charge is 0.497 e. The van der Waals surface area contributed by atoms with Crippen LogP contribution in [-0.4, -0.2) is 38.8 Å². The number of amides is 1. The van der Waals surface area contributed by atoms with Gasteiger partial charge in [-0.25, -0.2) is 8.42 Å². The maximum Gasteiger partial charge on any atom is 0.255 e. The molecule has 28 heavy (non-hydrogen) atoms. The molecule has 1 aliphatic heterocycles. The van der Waals surface area contributed by atoms with Crippen LogP contribution >= 0.6 is 15.9 Å². The second-order valence-corrected chi connectivity index (χ2v) is 9.68. The summed E-state index contributed by atoms with van der Waals surface area (Å²) in [6.45, 7) is 3.13. The lowest BCUT2D eigenvalue weighted by atomic mass is 10.0. The SMILES string of the molecule is COc1ccc(NC(=O)c2ccc(Br)c(S(=O)(=O)N3CCC(C)CC3)c2)cc1. The van der Waals surface area contributed by atoms with Crippen LogP contribution in [0.4, 0.5) is 5.69 Å². The molecule has 3 rings (SSSR count). The second-order valence-electron chi connectivity index (χ2n) is 6.91. The van der Waals surface area contributed by atoms with Crippen molar-refractivity contribution < 1.29 is 17.9 Å². The third-order valence-electron chi connectivity index (χ3n) is 4.90. The first-order chi connectivity index (χ1) is 13.3. The Morgan fingerprint density at radius 1 is 1.14 bits per heavy atom. The Morgan fingerprint density at radius 3 is 2.39 bits per heavy atom. The average molecular weight is 467 g/mol. The van der Waals surface area contributed by atoms with Gasteiger partial charge in [0, 0.05) is 28.8 Å². The van der Waals surface area contributed by atoms with Gasteiger partial charge in [-0.2, -0.15) is 4.31 Å². The summed E-state index contributed by atoms with van der Waals surface area (Å²) in [6, 6.07) is 11.6. The number of nitrogens with zero attached hydrogens (tertiary/aromatic N) is 1. The Balaban J connectivity index is 1.83. The van der Waals surface area contributed by atoms with Gasteiger partial charge < -0.3 is 10.1 Å². The van der Waals surface area contributed by atoms with Crippen LogP contribution in [0.25, 0.3) is 0 Å². The number of benzene rings is 2. The summed E-state index contributed by atoms with van der Waals surface area (Å²) in [7, 11) is -2.09. The van der Waals surface area contributed by atoms with Crippen molar-refractivity contribution in [1.29, 1.82) is 0 Å². The molecule has 6 nitrogen and oxygen atoms in total. The molecule has 0 atom stereocenters. The number of carbonyl (C=O) groups is 1. The third kappa shape index (κ3) is 4.56. The molecule has 1 amide bonds. The summed E-state index contributed by atoms with van der Waals surface area (Å²) < 4.78 is 33.2. The standard InChI is InChI=1S/C20H23BrN2O4S/c1-14-9-11-23(12-10-14)28(25,26)19-13-15(3-8-18(19)21)20(24)22-16-4-6-17(27-2)7-5-16/h3-8,13-14H,9-12H2,1-2H3,(H,22,24). The predicted molar refractivity (Wildman–Crippen MR) is 112 cm³/mol. The van der Waals surface area contributed by atoms with E-state index in [9.17, 15) is 13.2 Å². The number of anilines is 1. The molecule has 0 aromatic heterocycles. The summed E-state index contributed by atoms with van der Waals surface area (Å²) in [5.41, 5.74) is 0.881. The van der Waals surface area contributed by atoms with E-state index in [1.165, 1.54) is 10.4 Å². The molecule has 0 radical (unpaired) electrons. The van der Waals surface area contributed by atoms with Gasteiger partial charge >= 0.3 is 0 Å². The number of ether oxygens (including phenoxy) is 1. The van der Waals surface area contributed by atoms with Gasteiger partial charge in [-0.1, -0.05) is 6.92 Å². The van der Waals surface area contributed by atoms with E-state index in [0.29, 0.717) is 34.9 Å². The monoisotopic (exact) mass is 466 g/mol. The first-order valence-corrected chi connectivity index (χ1v) is 11.3. The zero-order valence-electron chi connectivity index (χ0n) is 15.8. The molecule has 0 bridgehead atoms. The summed E-state index contributed by atoms with van der Waals surface area (Å²) in [6.07, 6.45) is 1.68. The van der Waals surface area contributed by atoms with Crippen molar-refractivity contribution in [3.05, 3.63) is 52.5 Å². The molecule has 1 heterocycles. The van der Waals surface area contributed by atoms with Crippen molar-refractivity contribution in [2.24, 2.45) is 5.92 Å². The first kappa shape index (κ1) is 20.8. The van der Waals surface area contributed by atoms with Crippen LogP contribution in [0.3, 0.4) is 0 Å². The minimum atomic E-state index is -3.66. The maximum atomic E-state index is 13.1. The highest BCUT2D eigenvalue weighted by molar-refractivity contribution is 9.10. The van der Waals surface area contributed by atoms with Gasteiger partial charge in [0.15, 0.2) is 0 Å². The van der Waals surface area contributed by atoms with E-state index in [2.05, 4.69) is 28.2 Å². The normalized spacial score (nSPS) is 16.0. The molecule has 0 aliphatic carbocycles. The number of hydrogen-bond donors (Lipinski definition) is 1. The van der Waals surface area contributed by atoms with Crippen LogP contribution in [0.1, 0.15) is 30.1 Å². The number of rotatable bonds is 5. The van der Waals surface area contributed by atoms with E-state index < -0.39 is 10.0 Å². The molecule has 8 heteroatoms. The number of carbonyl (C=O) groups excluding carboxylic acids is 1. The Kier molecular flexibility index (Phi) is 6.42. The van der Waals surface area contributed by atoms with Crippen LogP contribution in [0.2, 0.25) is 0 Å². The van der Waals surface area contributed by atoms with Crippen molar-refractivity contribution in [1.82, 2.24) is 4.31 Å².